The molecular formula is C12H17BrClNO. The molecule has 0 aliphatic carbocycles. The highest BCUT2D eigenvalue weighted by Gasteiger charge is 2.01. The lowest BCUT2D eigenvalue weighted by Crippen LogP contribution is -2.14. The molecule has 0 aliphatic rings. The van der Waals surface area contributed by atoms with Crippen LogP contribution in [0.15, 0.2) is 22.7 Å². The Morgan fingerprint density at radius 2 is 2.19 bits per heavy atom. The molecule has 0 atom stereocenters. The van der Waals surface area contributed by atoms with E-state index in [1.165, 1.54) is 0 Å². The second-order valence-corrected chi connectivity index (χ2v) is 4.81. The van der Waals surface area contributed by atoms with Gasteiger partial charge in [-0.2, -0.15) is 0 Å². The quantitative estimate of drug-likeness (QED) is 0.772. The molecule has 1 N–H and O–H groups in total. The van der Waals surface area contributed by atoms with Gasteiger partial charge in [0.2, 0.25) is 0 Å². The fraction of sp³-hybridized carbons (Fsp3) is 0.500. The fourth-order valence-electron chi connectivity index (χ4n) is 1.30. The summed E-state index contributed by atoms with van der Waals surface area (Å²) in [5.41, 5.74) is 0. The van der Waals surface area contributed by atoms with Crippen molar-refractivity contribution in [2.45, 2.75) is 19.8 Å². The normalized spacial score (nSPS) is 10.4. The molecule has 0 aliphatic heterocycles. The van der Waals surface area contributed by atoms with E-state index in [1.807, 2.05) is 18.2 Å². The third-order valence-corrected chi connectivity index (χ3v) is 2.94. The molecule has 0 saturated heterocycles. The molecular weight excluding hydrogens is 289 g/mol. The molecule has 90 valence electrons. The van der Waals surface area contributed by atoms with E-state index in [-0.39, 0.29) is 0 Å². The summed E-state index contributed by atoms with van der Waals surface area (Å²) >= 11 is 9.38. The second kappa shape index (κ2) is 7.93. The summed E-state index contributed by atoms with van der Waals surface area (Å²) < 4.78 is 6.56. The first-order valence-corrected chi connectivity index (χ1v) is 6.69. The molecule has 0 fully saturated rings. The van der Waals surface area contributed by atoms with E-state index in [9.17, 15) is 0 Å². The topological polar surface area (TPSA) is 21.3 Å². The van der Waals surface area contributed by atoms with E-state index in [0.717, 1.165) is 36.2 Å². The van der Waals surface area contributed by atoms with Gasteiger partial charge in [-0.3, -0.25) is 0 Å². The minimum atomic E-state index is 0.654. The summed E-state index contributed by atoms with van der Waals surface area (Å²) in [6.07, 6.45) is 2.17. The van der Waals surface area contributed by atoms with Gasteiger partial charge in [-0.05, 0) is 44.1 Å². The number of hydrogen-bond donors (Lipinski definition) is 1. The zero-order valence-electron chi connectivity index (χ0n) is 9.43. The highest BCUT2D eigenvalue weighted by Crippen LogP contribution is 2.27. The molecule has 0 aromatic heterocycles. The Bertz CT molecular complexity index is 320. The lowest BCUT2D eigenvalue weighted by molar-refractivity contribution is 0.306. The monoisotopic (exact) mass is 305 g/mol. The van der Waals surface area contributed by atoms with Gasteiger partial charge in [0, 0.05) is 4.47 Å². The highest BCUT2D eigenvalue weighted by atomic mass is 79.9. The Hall–Kier alpha value is -0.250. The number of ether oxygens (including phenoxy) is 1. The Labute approximate surface area is 110 Å². The minimum Gasteiger partial charge on any atom is -0.492 e. The number of halogens is 2. The number of nitrogens with one attached hydrogen (secondary N) is 1. The van der Waals surface area contributed by atoms with Gasteiger partial charge in [0.1, 0.15) is 5.75 Å². The number of rotatable bonds is 7. The van der Waals surface area contributed by atoms with Gasteiger partial charge in [-0.25, -0.2) is 0 Å². The van der Waals surface area contributed by atoms with Gasteiger partial charge in [0.25, 0.3) is 0 Å². The first kappa shape index (κ1) is 13.8. The van der Waals surface area contributed by atoms with Crippen LogP contribution in [-0.4, -0.2) is 19.7 Å². The van der Waals surface area contributed by atoms with Crippen LogP contribution in [0.4, 0.5) is 0 Å². The number of hydrogen-bond acceptors (Lipinski definition) is 2. The van der Waals surface area contributed by atoms with Crippen molar-refractivity contribution in [2.75, 3.05) is 19.7 Å². The zero-order valence-corrected chi connectivity index (χ0v) is 11.8. The molecule has 0 heterocycles. The van der Waals surface area contributed by atoms with Gasteiger partial charge >= 0.3 is 0 Å². The summed E-state index contributed by atoms with van der Waals surface area (Å²) in [5, 5.41) is 3.93. The van der Waals surface area contributed by atoms with Gasteiger partial charge < -0.3 is 10.1 Å². The first-order valence-electron chi connectivity index (χ1n) is 5.52. The Balaban J connectivity index is 2.21. The van der Waals surface area contributed by atoms with Crippen LogP contribution in [0, 0.1) is 0 Å². The fourth-order valence-corrected chi connectivity index (χ4v) is 2.03. The lowest BCUT2D eigenvalue weighted by atomic mass is 10.3. The van der Waals surface area contributed by atoms with Gasteiger partial charge in [-0.15, -0.1) is 0 Å². The summed E-state index contributed by atoms with van der Waals surface area (Å²) in [7, 11) is 0. The first-order chi connectivity index (χ1) is 7.74. The predicted octanol–water partition coefficient (Wildman–Crippen LogP) is 3.87. The molecule has 0 radical (unpaired) electrons. The molecule has 1 aromatic rings. The van der Waals surface area contributed by atoms with Crippen molar-refractivity contribution in [2.24, 2.45) is 0 Å². The Kier molecular flexibility index (Phi) is 6.85. The Morgan fingerprint density at radius 1 is 1.38 bits per heavy atom. The van der Waals surface area contributed by atoms with E-state index >= 15 is 0 Å². The molecule has 0 bridgehead atoms. The van der Waals surface area contributed by atoms with Crippen LogP contribution in [0.1, 0.15) is 19.8 Å². The van der Waals surface area contributed by atoms with Crippen LogP contribution in [0.3, 0.4) is 0 Å². The van der Waals surface area contributed by atoms with Crippen LogP contribution >= 0.6 is 27.5 Å². The van der Waals surface area contributed by atoms with Crippen molar-refractivity contribution in [1.82, 2.24) is 5.32 Å². The maximum atomic E-state index is 6.02. The minimum absolute atomic E-state index is 0.654. The van der Waals surface area contributed by atoms with Crippen molar-refractivity contribution in [1.29, 1.82) is 0 Å². The van der Waals surface area contributed by atoms with Crippen molar-refractivity contribution in [3.8, 4) is 5.75 Å². The molecule has 0 amide bonds. The third-order valence-electron chi connectivity index (χ3n) is 2.15. The molecule has 2 nitrogen and oxygen atoms in total. The van der Waals surface area contributed by atoms with Crippen molar-refractivity contribution >= 4 is 27.5 Å². The molecule has 0 saturated carbocycles. The molecule has 1 rings (SSSR count). The average Bonchev–Trinajstić information content (AvgIpc) is 2.26. The zero-order chi connectivity index (χ0) is 11.8. The standard InChI is InChI=1S/C12H17BrClNO/c1-2-15-7-3-4-8-16-12-6-5-10(13)9-11(12)14/h5-6,9,15H,2-4,7-8H2,1H3. The molecule has 0 spiro atoms. The van der Waals surface area contributed by atoms with Crippen molar-refractivity contribution in [3.63, 3.8) is 0 Å². The summed E-state index contributed by atoms with van der Waals surface area (Å²) in [5.74, 6) is 0.758. The maximum Gasteiger partial charge on any atom is 0.137 e. The van der Waals surface area contributed by atoms with Crippen LogP contribution in [-0.2, 0) is 0 Å². The highest BCUT2D eigenvalue weighted by molar-refractivity contribution is 9.10. The van der Waals surface area contributed by atoms with E-state index in [4.69, 9.17) is 16.3 Å². The second-order valence-electron chi connectivity index (χ2n) is 3.48. The molecule has 16 heavy (non-hydrogen) atoms. The van der Waals surface area contributed by atoms with Gasteiger partial charge in [0.15, 0.2) is 0 Å². The van der Waals surface area contributed by atoms with Gasteiger partial charge in [-0.1, -0.05) is 34.5 Å². The van der Waals surface area contributed by atoms with Crippen LogP contribution < -0.4 is 10.1 Å². The van der Waals surface area contributed by atoms with E-state index in [0.29, 0.717) is 11.6 Å². The summed E-state index contributed by atoms with van der Waals surface area (Å²) in [6, 6.07) is 5.66. The predicted molar refractivity (Wildman–Crippen MR) is 72.4 cm³/mol. The van der Waals surface area contributed by atoms with Crippen LogP contribution in [0.25, 0.3) is 0 Å². The lowest BCUT2D eigenvalue weighted by Gasteiger charge is -2.08. The third kappa shape index (κ3) is 5.19. The number of benzene rings is 1. The average molecular weight is 307 g/mol. The largest absolute Gasteiger partial charge is 0.492 e. The van der Waals surface area contributed by atoms with E-state index in [2.05, 4.69) is 28.2 Å². The SMILES string of the molecule is CCNCCCCOc1ccc(Br)cc1Cl. The van der Waals surface area contributed by atoms with Gasteiger partial charge in [0.05, 0.1) is 11.6 Å². The van der Waals surface area contributed by atoms with E-state index < -0.39 is 0 Å². The molecule has 0 unspecified atom stereocenters. The molecule has 1 aromatic carbocycles. The smallest absolute Gasteiger partial charge is 0.137 e. The van der Waals surface area contributed by atoms with Crippen molar-refractivity contribution < 1.29 is 4.74 Å². The van der Waals surface area contributed by atoms with Crippen molar-refractivity contribution in [3.05, 3.63) is 27.7 Å². The van der Waals surface area contributed by atoms with E-state index in [1.54, 1.807) is 0 Å². The van der Waals surface area contributed by atoms with Crippen LogP contribution in [0.5, 0.6) is 5.75 Å². The maximum absolute atomic E-state index is 6.02. The summed E-state index contributed by atoms with van der Waals surface area (Å²) in [6.45, 7) is 4.90. The molecule has 4 heteroatoms. The number of unbranched alkanes of at least 4 members (excludes halogenated alkanes) is 1. The Morgan fingerprint density at radius 3 is 2.88 bits per heavy atom. The van der Waals surface area contributed by atoms with Crippen LogP contribution in [0.2, 0.25) is 5.02 Å². The summed E-state index contributed by atoms with van der Waals surface area (Å²) in [4.78, 5) is 0.